The maximum absolute atomic E-state index is 10.3. The summed E-state index contributed by atoms with van der Waals surface area (Å²) in [6.45, 7) is 0.969. The Labute approximate surface area is 167 Å². The van der Waals surface area contributed by atoms with Crippen LogP contribution in [0.1, 0.15) is 62.5 Å². The number of unbranched alkanes of at least 4 members (excludes halogenated alkanes) is 1. The average molecular weight is 385 g/mol. The van der Waals surface area contributed by atoms with Crippen LogP contribution >= 0.6 is 0 Å². The van der Waals surface area contributed by atoms with E-state index in [-0.39, 0.29) is 12.0 Å². The van der Waals surface area contributed by atoms with Gasteiger partial charge in [-0.05, 0) is 105 Å². The molecule has 0 heterocycles. The fourth-order valence-corrected chi connectivity index (χ4v) is 8.14. The molecule has 1 aromatic carbocycles. The Morgan fingerprint density at radius 3 is 2.50 bits per heavy atom. The van der Waals surface area contributed by atoms with Crippen LogP contribution in [0.25, 0.3) is 0 Å². The van der Waals surface area contributed by atoms with Crippen LogP contribution in [0.3, 0.4) is 0 Å². The molecule has 5 heteroatoms. The van der Waals surface area contributed by atoms with Crippen LogP contribution in [-0.4, -0.2) is 18.2 Å². The van der Waals surface area contributed by atoms with E-state index in [1.807, 2.05) is 0 Å². The van der Waals surface area contributed by atoms with Crippen LogP contribution in [0.15, 0.2) is 24.3 Å². The topological polar surface area (TPSA) is 78.4 Å². The van der Waals surface area contributed by atoms with Gasteiger partial charge >= 0.3 is 0 Å². The van der Waals surface area contributed by atoms with E-state index in [0.29, 0.717) is 0 Å². The third-order valence-electron chi connectivity index (χ3n) is 9.12. The second-order valence-electron chi connectivity index (χ2n) is 9.93. The molecule has 0 radical (unpaired) electrons. The first-order valence-corrected chi connectivity index (χ1v) is 11.2. The molecule has 4 atom stereocenters. The normalized spacial score (nSPS) is 39.6. The minimum atomic E-state index is -0.700. The zero-order valence-corrected chi connectivity index (χ0v) is 16.6. The van der Waals surface area contributed by atoms with Crippen LogP contribution in [-0.2, 0) is 16.7 Å². The molecule has 0 aromatic heterocycles. The lowest BCUT2D eigenvalue weighted by molar-refractivity contribution is -0.757. The molecule has 3 bridgehead atoms. The lowest BCUT2D eigenvalue weighted by Gasteiger charge is -2.51. The number of hydrogen-bond donors (Lipinski definition) is 1. The number of nitrogens with zero attached hydrogens (tertiary/aromatic N) is 1. The van der Waals surface area contributed by atoms with Crippen molar-refractivity contribution in [1.82, 2.24) is 0 Å². The van der Waals surface area contributed by atoms with Crippen LogP contribution in [0.4, 0.5) is 0 Å². The third kappa shape index (κ3) is 2.54. The van der Waals surface area contributed by atoms with Gasteiger partial charge < -0.3 is 10.6 Å². The molecule has 4 aliphatic carbocycles. The Bertz CT molecular complexity index is 740. The van der Waals surface area contributed by atoms with Gasteiger partial charge in [-0.15, -0.1) is 10.1 Å². The lowest BCUT2D eigenvalue weighted by Crippen LogP contribution is -2.46. The number of aryl methyl sites for hydroxylation is 1. The van der Waals surface area contributed by atoms with Crippen molar-refractivity contribution in [3.63, 3.8) is 0 Å². The molecule has 0 saturated heterocycles. The summed E-state index contributed by atoms with van der Waals surface area (Å²) in [5.41, 5.74) is 10.1. The monoisotopic (exact) mass is 384 g/mol. The molecular formula is C23H32N2O3. The van der Waals surface area contributed by atoms with Gasteiger partial charge in [0.05, 0.1) is 6.61 Å². The van der Waals surface area contributed by atoms with Gasteiger partial charge in [-0.3, -0.25) is 0 Å². The number of hydrogen-bond acceptors (Lipinski definition) is 4. The highest BCUT2D eigenvalue weighted by Gasteiger charge is 2.72. The van der Waals surface area contributed by atoms with E-state index in [0.717, 1.165) is 61.3 Å². The van der Waals surface area contributed by atoms with Gasteiger partial charge in [-0.1, -0.05) is 24.3 Å². The Morgan fingerprint density at radius 2 is 1.82 bits per heavy atom. The molecule has 0 aliphatic heterocycles. The highest BCUT2D eigenvalue weighted by molar-refractivity contribution is 5.37. The van der Waals surface area contributed by atoms with Gasteiger partial charge in [0.2, 0.25) is 0 Å². The summed E-state index contributed by atoms with van der Waals surface area (Å²) in [5, 5.41) is 9.57. The predicted molar refractivity (Wildman–Crippen MR) is 107 cm³/mol. The molecular weight excluding hydrogens is 352 g/mol. The Balaban J connectivity index is 1.36. The van der Waals surface area contributed by atoms with Crippen LogP contribution < -0.4 is 5.73 Å². The lowest BCUT2D eigenvalue weighted by atomic mass is 9.53. The van der Waals surface area contributed by atoms with E-state index in [2.05, 4.69) is 29.1 Å². The molecule has 28 heavy (non-hydrogen) atoms. The van der Waals surface area contributed by atoms with E-state index in [4.69, 9.17) is 5.73 Å². The van der Waals surface area contributed by atoms with Crippen LogP contribution in [0.5, 0.6) is 0 Å². The molecule has 0 amide bonds. The summed E-state index contributed by atoms with van der Waals surface area (Å²) in [7, 11) is 0. The highest BCUT2D eigenvalue weighted by Crippen LogP contribution is 2.79. The first-order chi connectivity index (χ1) is 13.6. The number of benzene rings is 1. The first-order valence-electron chi connectivity index (χ1n) is 11.2. The largest absolute Gasteiger partial charge is 0.330 e. The minimum Gasteiger partial charge on any atom is -0.330 e. The van der Waals surface area contributed by atoms with Crippen molar-refractivity contribution in [2.45, 2.75) is 63.2 Å². The third-order valence-corrected chi connectivity index (χ3v) is 9.12. The SMILES string of the molecule is NCCC1(c2cccc(CCCCO[N+](=O)[O-])c2)C2CC3CC4CC1CC34C2. The first kappa shape index (κ1) is 18.4. The molecule has 5 rings (SSSR count). The number of rotatable bonds is 9. The molecule has 4 saturated carbocycles. The van der Waals surface area contributed by atoms with E-state index in [1.165, 1.54) is 43.2 Å². The van der Waals surface area contributed by atoms with Crippen molar-refractivity contribution in [3.05, 3.63) is 45.5 Å². The fraction of sp³-hybridized carbons (Fsp3) is 0.739. The standard InChI is InChI=1S/C23H32N2O3/c24-8-7-23(20-12-18-11-19-13-21(23)15-22(18,19)14-20)17-6-3-5-16(10-17)4-1-2-9-28-25(26)27/h3,5-6,10,18-21H,1-2,4,7-9,11-15,24H2. The maximum Gasteiger partial charge on any atom is 0.294 e. The van der Waals surface area contributed by atoms with Crippen LogP contribution in [0, 0.1) is 39.2 Å². The van der Waals surface area contributed by atoms with E-state index < -0.39 is 5.09 Å². The summed E-state index contributed by atoms with van der Waals surface area (Å²) in [6.07, 6.45) is 11.0. The molecule has 1 spiro atoms. The van der Waals surface area contributed by atoms with Gasteiger partial charge in [-0.25, -0.2) is 0 Å². The van der Waals surface area contributed by atoms with Crippen molar-refractivity contribution in [2.75, 3.05) is 13.2 Å². The smallest absolute Gasteiger partial charge is 0.294 e. The van der Waals surface area contributed by atoms with Gasteiger partial charge in [0.1, 0.15) is 0 Å². The fourth-order valence-electron chi connectivity index (χ4n) is 8.14. The summed E-state index contributed by atoms with van der Waals surface area (Å²) < 4.78 is 0. The van der Waals surface area contributed by atoms with E-state index in [1.54, 1.807) is 0 Å². The predicted octanol–water partition coefficient (Wildman–Crippen LogP) is 4.26. The summed E-state index contributed by atoms with van der Waals surface area (Å²) >= 11 is 0. The molecule has 4 unspecified atom stereocenters. The van der Waals surface area contributed by atoms with E-state index >= 15 is 0 Å². The molecule has 1 aromatic rings. The Kier molecular flexibility index (Phi) is 4.42. The van der Waals surface area contributed by atoms with Crippen molar-refractivity contribution >= 4 is 0 Å². The van der Waals surface area contributed by atoms with Gasteiger partial charge in [0.15, 0.2) is 0 Å². The zero-order chi connectivity index (χ0) is 19.4. The average Bonchev–Trinajstić information content (AvgIpc) is 3.07. The van der Waals surface area contributed by atoms with Crippen LogP contribution in [0.2, 0.25) is 0 Å². The Hall–Kier alpha value is -1.62. The Morgan fingerprint density at radius 1 is 1.11 bits per heavy atom. The minimum absolute atomic E-state index is 0.193. The second-order valence-corrected chi connectivity index (χ2v) is 9.93. The van der Waals surface area contributed by atoms with Crippen molar-refractivity contribution < 1.29 is 9.92 Å². The molecule has 4 fully saturated rings. The van der Waals surface area contributed by atoms with E-state index in [9.17, 15) is 10.1 Å². The molecule has 4 aliphatic rings. The van der Waals surface area contributed by atoms with Crippen molar-refractivity contribution in [3.8, 4) is 0 Å². The second kappa shape index (κ2) is 6.72. The number of fused-ring (bicyclic) bond motifs is 2. The summed E-state index contributed by atoms with van der Waals surface area (Å²) in [6, 6.07) is 9.24. The van der Waals surface area contributed by atoms with Gasteiger partial charge in [-0.2, -0.15) is 0 Å². The zero-order valence-electron chi connectivity index (χ0n) is 16.6. The highest BCUT2D eigenvalue weighted by atomic mass is 16.9. The van der Waals surface area contributed by atoms with Gasteiger partial charge in [0.25, 0.3) is 5.09 Å². The summed E-state index contributed by atoms with van der Waals surface area (Å²) in [4.78, 5) is 14.7. The number of nitrogens with two attached hydrogens (primary N) is 1. The van der Waals surface area contributed by atoms with Gasteiger partial charge in [0, 0.05) is 5.41 Å². The molecule has 152 valence electrons. The van der Waals surface area contributed by atoms with Crippen molar-refractivity contribution in [2.24, 2.45) is 34.8 Å². The maximum atomic E-state index is 10.3. The molecule has 2 N–H and O–H groups in total. The quantitative estimate of drug-likeness (QED) is 0.392. The molecule has 5 nitrogen and oxygen atoms in total. The summed E-state index contributed by atoms with van der Waals surface area (Å²) in [5.74, 6) is 3.63. The van der Waals surface area contributed by atoms with Crippen molar-refractivity contribution in [1.29, 1.82) is 0 Å².